The van der Waals surface area contributed by atoms with E-state index in [1.54, 1.807) is 17.0 Å². The standard InChI is InChI=1S/C30H31F6N3O3/c1-17-7-5-6-8-23(17)24-13-26(39-15-22(41)12-21(39)16-40)37-14-25(24)38(4)27(42)28(2,3)18-9-19(29(31,32)33)11-20(10-18)30(34,35)36/h5-11,13-14,21-22,40-41H,12,15-16H2,1-4H3/t21-,22+/m0/s1. The molecule has 6 nitrogen and oxygen atoms in total. The zero-order valence-electron chi connectivity index (χ0n) is 23.4. The van der Waals surface area contributed by atoms with E-state index >= 15 is 0 Å². The average Bonchev–Trinajstić information content (AvgIpc) is 3.31. The maximum atomic E-state index is 13.9. The molecule has 0 saturated carbocycles. The first kappa shape index (κ1) is 31.3. The number of carbonyl (C=O) groups is 1. The molecule has 1 aromatic heterocycles. The Bertz CT molecular complexity index is 1440. The lowest BCUT2D eigenvalue weighted by Gasteiger charge is -2.32. The maximum Gasteiger partial charge on any atom is 0.416 e. The number of halogens is 6. The molecule has 1 amide bonds. The summed E-state index contributed by atoms with van der Waals surface area (Å²) in [6.45, 7) is 4.40. The van der Waals surface area contributed by atoms with Crippen LogP contribution in [0, 0.1) is 6.92 Å². The van der Waals surface area contributed by atoms with E-state index in [2.05, 4.69) is 4.98 Å². The van der Waals surface area contributed by atoms with E-state index in [-0.39, 0.29) is 30.9 Å². The second-order valence-electron chi connectivity index (χ2n) is 11.0. The van der Waals surface area contributed by atoms with Crippen molar-refractivity contribution in [3.8, 4) is 11.1 Å². The fourth-order valence-electron chi connectivity index (χ4n) is 5.27. The Morgan fingerprint density at radius 3 is 2.10 bits per heavy atom. The molecule has 1 aliphatic heterocycles. The lowest BCUT2D eigenvalue weighted by molar-refractivity contribution is -0.143. The number of aliphatic hydroxyl groups is 2. The van der Waals surface area contributed by atoms with Gasteiger partial charge in [-0.3, -0.25) is 4.79 Å². The van der Waals surface area contributed by atoms with Crippen molar-refractivity contribution in [1.29, 1.82) is 0 Å². The van der Waals surface area contributed by atoms with Crippen LogP contribution in [0.15, 0.2) is 54.7 Å². The number of pyridine rings is 1. The van der Waals surface area contributed by atoms with Crippen LogP contribution >= 0.6 is 0 Å². The quantitative estimate of drug-likeness (QED) is 0.344. The highest BCUT2D eigenvalue weighted by atomic mass is 19.4. The van der Waals surface area contributed by atoms with E-state index < -0.39 is 46.5 Å². The van der Waals surface area contributed by atoms with Gasteiger partial charge in [-0.1, -0.05) is 24.3 Å². The molecule has 2 aromatic carbocycles. The number of likely N-dealkylation sites (N-methyl/N-ethyl adjacent to an activating group) is 1. The summed E-state index contributed by atoms with van der Waals surface area (Å²) in [6, 6.07) is 9.75. The Kier molecular flexibility index (Phi) is 8.36. The fourth-order valence-corrected chi connectivity index (χ4v) is 5.27. The number of carbonyl (C=O) groups excluding carboxylic acids is 1. The van der Waals surface area contributed by atoms with Crippen molar-refractivity contribution in [1.82, 2.24) is 4.98 Å². The van der Waals surface area contributed by atoms with Crippen LogP contribution in [0.3, 0.4) is 0 Å². The molecule has 1 fully saturated rings. The van der Waals surface area contributed by atoms with Crippen LogP contribution in [0.1, 0.15) is 42.5 Å². The lowest BCUT2D eigenvalue weighted by atomic mass is 9.81. The van der Waals surface area contributed by atoms with Crippen LogP contribution in [0.5, 0.6) is 0 Å². The SMILES string of the molecule is Cc1ccccc1-c1cc(N2C[C@H](O)C[C@H]2CO)ncc1N(C)C(=O)C(C)(C)c1cc(C(F)(F)F)cc(C(F)(F)F)c1. The summed E-state index contributed by atoms with van der Waals surface area (Å²) in [5.41, 5.74) is -2.91. The number of benzene rings is 2. The summed E-state index contributed by atoms with van der Waals surface area (Å²) in [5.74, 6) is -0.329. The number of aryl methyl sites for hydroxylation is 1. The molecule has 0 bridgehead atoms. The summed E-state index contributed by atoms with van der Waals surface area (Å²) in [6.07, 6.45) is -9.06. The Labute approximate surface area is 239 Å². The normalized spacial score (nSPS) is 18.0. The first-order valence-corrected chi connectivity index (χ1v) is 13.1. The largest absolute Gasteiger partial charge is 0.416 e. The molecule has 2 N–H and O–H groups in total. The molecule has 1 aliphatic rings. The number of aliphatic hydroxyl groups excluding tert-OH is 2. The number of alkyl halides is 6. The van der Waals surface area contributed by atoms with Crippen LogP contribution in [0.2, 0.25) is 0 Å². The number of nitrogens with zero attached hydrogens (tertiary/aromatic N) is 3. The molecule has 42 heavy (non-hydrogen) atoms. The molecule has 3 aromatic rings. The van der Waals surface area contributed by atoms with Gasteiger partial charge in [0.1, 0.15) is 5.82 Å². The zero-order valence-corrected chi connectivity index (χ0v) is 23.4. The summed E-state index contributed by atoms with van der Waals surface area (Å²) in [7, 11) is 1.39. The maximum absolute atomic E-state index is 13.9. The van der Waals surface area contributed by atoms with Crippen molar-refractivity contribution < 1.29 is 41.4 Å². The molecular weight excluding hydrogens is 564 g/mol. The Hall–Kier alpha value is -3.64. The van der Waals surface area contributed by atoms with E-state index in [9.17, 15) is 41.4 Å². The van der Waals surface area contributed by atoms with E-state index in [4.69, 9.17) is 0 Å². The summed E-state index contributed by atoms with van der Waals surface area (Å²) in [5, 5.41) is 20.0. The van der Waals surface area contributed by atoms with Crippen molar-refractivity contribution in [3.05, 3.63) is 77.0 Å². The highest BCUT2D eigenvalue weighted by Crippen LogP contribution is 2.41. The summed E-state index contributed by atoms with van der Waals surface area (Å²) in [4.78, 5) is 21.3. The molecular formula is C30H31F6N3O3. The third-order valence-corrected chi connectivity index (χ3v) is 7.71. The van der Waals surface area contributed by atoms with Gasteiger partial charge >= 0.3 is 12.4 Å². The van der Waals surface area contributed by atoms with Crippen molar-refractivity contribution in [2.24, 2.45) is 0 Å². The molecule has 0 aliphatic carbocycles. The predicted octanol–water partition coefficient (Wildman–Crippen LogP) is 5.97. The minimum Gasteiger partial charge on any atom is -0.394 e. The van der Waals surface area contributed by atoms with Crippen LogP contribution in [-0.2, 0) is 22.6 Å². The number of amides is 1. The Balaban J connectivity index is 1.82. The van der Waals surface area contributed by atoms with Gasteiger partial charge in [-0.15, -0.1) is 0 Å². The zero-order chi connectivity index (χ0) is 31.2. The Morgan fingerprint density at radius 2 is 1.55 bits per heavy atom. The van der Waals surface area contributed by atoms with Crippen LogP contribution in [-0.4, -0.2) is 53.4 Å². The van der Waals surface area contributed by atoms with Crippen LogP contribution in [0.4, 0.5) is 37.8 Å². The molecule has 4 rings (SSSR count). The number of hydrogen-bond donors (Lipinski definition) is 2. The van der Waals surface area contributed by atoms with Gasteiger partial charge in [-0.25, -0.2) is 4.98 Å². The lowest BCUT2D eigenvalue weighted by Crippen LogP contribution is -2.42. The Morgan fingerprint density at radius 1 is 0.976 bits per heavy atom. The van der Waals surface area contributed by atoms with E-state index in [1.807, 2.05) is 25.1 Å². The molecule has 12 heteroatoms. The van der Waals surface area contributed by atoms with Crippen molar-refractivity contribution in [3.63, 3.8) is 0 Å². The third-order valence-electron chi connectivity index (χ3n) is 7.71. The van der Waals surface area contributed by atoms with Gasteiger partial charge in [0.15, 0.2) is 0 Å². The first-order valence-electron chi connectivity index (χ1n) is 13.1. The number of aromatic nitrogens is 1. The summed E-state index contributed by atoms with van der Waals surface area (Å²) >= 11 is 0. The van der Waals surface area contributed by atoms with Crippen molar-refractivity contribution >= 4 is 17.4 Å². The number of anilines is 2. The molecule has 0 unspecified atom stereocenters. The topological polar surface area (TPSA) is 76.9 Å². The first-order chi connectivity index (χ1) is 19.4. The van der Waals surface area contributed by atoms with E-state index in [1.165, 1.54) is 32.0 Å². The monoisotopic (exact) mass is 595 g/mol. The van der Waals surface area contributed by atoms with Gasteiger partial charge in [0.05, 0.1) is 47.2 Å². The second-order valence-corrected chi connectivity index (χ2v) is 11.0. The molecule has 226 valence electrons. The van der Waals surface area contributed by atoms with E-state index in [0.29, 0.717) is 35.5 Å². The minimum absolute atomic E-state index is 0.0294. The molecule has 1 saturated heterocycles. The van der Waals surface area contributed by atoms with Crippen molar-refractivity contribution in [2.45, 2.75) is 57.1 Å². The van der Waals surface area contributed by atoms with Gasteiger partial charge in [0.25, 0.3) is 0 Å². The van der Waals surface area contributed by atoms with Crippen molar-refractivity contribution in [2.75, 3.05) is 30.0 Å². The van der Waals surface area contributed by atoms with Crippen LogP contribution in [0.25, 0.3) is 11.1 Å². The highest BCUT2D eigenvalue weighted by Gasteiger charge is 2.41. The predicted molar refractivity (Wildman–Crippen MR) is 146 cm³/mol. The summed E-state index contributed by atoms with van der Waals surface area (Å²) < 4.78 is 81.4. The molecule has 2 heterocycles. The molecule has 0 spiro atoms. The highest BCUT2D eigenvalue weighted by molar-refractivity contribution is 6.03. The number of rotatable bonds is 6. The van der Waals surface area contributed by atoms with Gasteiger partial charge in [0, 0.05) is 19.2 Å². The average molecular weight is 596 g/mol. The van der Waals surface area contributed by atoms with Gasteiger partial charge in [-0.05, 0) is 68.1 Å². The smallest absolute Gasteiger partial charge is 0.394 e. The van der Waals surface area contributed by atoms with E-state index in [0.717, 1.165) is 5.56 Å². The fraction of sp³-hybridized carbons (Fsp3) is 0.400. The molecule has 2 atom stereocenters. The van der Waals surface area contributed by atoms with Crippen LogP contribution < -0.4 is 9.80 Å². The second kappa shape index (κ2) is 11.2. The van der Waals surface area contributed by atoms with Gasteiger partial charge in [-0.2, -0.15) is 26.3 Å². The number of β-amino-alcohol motifs (C(OH)–C–C–N with tert-alkyl or cyclic N) is 1. The van der Waals surface area contributed by atoms with Gasteiger partial charge < -0.3 is 20.0 Å². The third kappa shape index (κ3) is 6.10. The number of hydrogen-bond acceptors (Lipinski definition) is 5. The molecule has 0 radical (unpaired) electrons. The minimum atomic E-state index is -5.06. The van der Waals surface area contributed by atoms with Gasteiger partial charge in [0.2, 0.25) is 5.91 Å².